The van der Waals surface area contributed by atoms with Crippen LogP contribution in [0, 0.1) is 6.92 Å². The van der Waals surface area contributed by atoms with Crippen LogP contribution in [-0.2, 0) is 11.3 Å². The maximum atomic E-state index is 11.7. The van der Waals surface area contributed by atoms with Gasteiger partial charge < -0.3 is 15.3 Å². The molecule has 0 bridgehead atoms. The number of hydrogen-bond acceptors (Lipinski definition) is 2. The first kappa shape index (κ1) is 14.0. The number of carbonyl (C=O) groups excluding carboxylic acids is 1. The molecule has 1 rings (SSSR count). The zero-order chi connectivity index (χ0) is 13.7. The third-order valence-corrected chi connectivity index (χ3v) is 2.56. The summed E-state index contributed by atoms with van der Waals surface area (Å²) >= 11 is 0. The molecule has 0 aromatic heterocycles. The minimum Gasteiger partial charge on any atom is -0.480 e. The number of amides is 2. The second-order valence-corrected chi connectivity index (χ2v) is 4.35. The Morgan fingerprint density at radius 1 is 1.44 bits per heavy atom. The summed E-state index contributed by atoms with van der Waals surface area (Å²) in [6, 6.07) is 6.54. The van der Waals surface area contributed by atoms with E-state index in [1.807, 2.05) is 31.2 Å². The molecule has 5 heteroatoms. The normalized spacial score (nSPS) is 11.7. The molecular formula is C13H18N2O3. The van der Waals surface area contributed by atoms with Crippen LogP contribution in [0.2, 0.25) is 0 Å². The van der Waals surface area contributed by atoms with Crippen molar-refractivity contribution in [2.24, 2.45) is 0 Å². The highest BCUT2D eigenvalue weighted by Gasteiger charge is 2.16. The summed E-state index contributed by atoms with van der Waals surface area (Å²) in [5, 5.41) is 11.1. The molecule has 2 N–H and O–H groups in total. The summed E-state index contributed by atoms with van der Waals surface area (Å²) in [6.45, 7) is 3.86. The van der Waals surface area contributed by atoms with Gasteiger partial charge >= 0.3 is 12.0 Å². The van der Waals surface area contributed by atoms with Crippen molar-refractivity contribution in [3.63, 3.8) is 0 Å². The zero-order valence-corrected chi connectivity index (χ0v) is 10.8. The predicted octanol–water partition coefficient (Wildman–Crippen LogP) is 1.61. The fourth-order valence-electron chi connectivity index (χ4n) is 1.51. The molecule has 1 aromatic rings. The van der Waals surface area contributed by atoms with Gasteiger partial charge in [-0.25, -0.2) is 4.79 Å². The maximum Gasteiger partial charge on any atom is 0.325 e. The second kappa shape index (κ2) is 6.05. The van der Waals surface area contributed by atoms with Crippen molar-refractivity contribution in [3.8, 4) is 0 Å². The Labute approximate surface area is 106 Å². The Balaban J connectivity index is 2.57. The Kier molecular flexibility index (Phi) is 4.71. The van der Waals surface area contributed by atoms with Gasteiger partial charge in [-0.3, -0.25) is 4.79 Å². The van der Waals surface area contributed by atoms with Crippen molar-refractivity contribution >= 4 is 12.0 Å². The highest BCUT2D eigenvalue weighted by atomic mass is 16.4. The summed E-state index contributed by atoms with van der Waals surface area (Å²) in [5.41, 5.74) is 2.14. The van der Waals surface area contributed by atoms with E-state index >= 15 is 0 Å². The molecule has 0 unspecified atom stereocenters. The number of carboxylic acid groups (broad SMARTS) is 1. The highest BCUT2D eigenvalue weighted by Crippen LogP contribution is 2.06. The molecule has 98 valence electrons. The fourth-order valence-corrected chi connectivity index (χ4v) is 1.51. The van der Waals surface area contributed by atoms with Crippen LogP contribution >= 0.6 is 0 Å². The van der Waals surface area contributed by atoms with E-state index in [9.17, 15) is 9.59 Å². The first-order chi connectivity index (χ1) is 8.40. The summed E-state index contributed by atoms with van der Waals surface area (Å²) < 4.78 is 0. The van der Waals surface area contributed by atoms with Gasteiger partial charge in [0.05, 0.1) is 0 Å². The molecule has 0 fully saturated rings. The summed E-state index contributed by atoms with van der Waals surface area (Å²) in [4.78, 5) is 23.8. The van der Waals surface area contributed by atoms with E-state index in [2.05, 4.69) is 5.32 Å². The van der Waals surface area contributed by atoms with E-state index in [1.54, 1.807) is 7.05 Å². The summed E-state index contributed by atoms with van der Waals surface area (Å²) in [5.74, 6) is -1.05. The van der Waals surface area contributed by atoms with Crippen molar-refractivity contribution in [1.29, 1.82) is 0 Å². The first-order valence-electron chi connectivity index (χ1n) is 5.70. The zero-order valence-electron chi connectivity index (χ0n) is 10.8. The van der Waals surface area contributed by atoms with Gasteiger partial charge in [-0.05, 0) is 19.4 Å². The SMILES string of the molecule is Cc1cccc(CN(C)C(=O)N[C@@H](C)C(=O)O)c1. The lowest BCUT2D eigenvalue weighted by atomic mass is 10.1. The van der Waals surface area contributed by atoms with Gasteiger partial charge in [-0.1, -0.05) is 29.8 Å². The lowest BCUT2D eigenvalue weighted by molar-refractivity contribution is -0.138. The molecule has 0 aliphatic heterocycles. The number of nitrogens with one attached hydrogen (secondary N) is 1. The Hall–Kier alpha value is -2.04. The molecule has 0 radical (unpaired) electrons. The van der Waals surface area contributed by atoms with E-state index in [-0.39, 0.29) is 0 Å². The molecule has 2 amide bonds. The van der Waals surface area contributed by atoms with Crippen LogP contribution in [0.25, 0.3) is 0 Å². The molecular weight excluding hydrogens is 232 g/mol. The number of aliphatic carboxylic acids is 1. The van der Waals surface area contributed by atoms with E-state index in [1.165, 1.54) is 11.8 Å². The number of nitrogens with zero attached hydrogens (tertiary/aromatic N) is 1. The van der Waals surface area contributed by atoms with E-state index in [0.717, 1.165) is 11.1 Å². The van der Waals surface area contributed by atoms with Crippen LogP contribution in [0.4, 0.5) is 4.79 Å². The smallest absolute Gasteiger partial charge is 0.325 e. The minimum atomic E-state index is -1.05. The molecule has 5 nitrogen and oxygen atoms in total. The molecule has 1 atom stereocenters. The van der Waals surface area contributed by atoms with Crippen molar-refractivity contribution < 1.29 is 14.7 Å². The topological polar surface area (TPSA) is 69.6 Å². The van der Waals surface area contributed by atoms with Crippen molar-refractivity contribution in [2.75, 3.05) is 7.05 Å². The standard InChI is InChI=1S/C13H18N2O3/c1-9-5-4-6-11(7-9)8-15(3)13(18)14-10(2)12(16)17/h4-7,10H,8H2,1-3H3,(H,14,18)(H,16,17)/t10-/m0/s1. The van der Waals surface area contributed by atoms with E-state index in [0.29, 0.717) is 6.54 Å². The number of hydrogen-bond donors (Lipinski definition) is 2. The first-order valence-corrected chi connectivity index (χ1v) is 5.70. The highest BCUT2D eigenvalue weighted by molar-refractivity contribution is 5.82. The lowest BCUT2D eigenvalue weighted by Crippen LogP contribution is -2.44. The molecule has 0 saturated carbocycles. The van der Waals surface area contributed by atoms with Gasteiger partial charge in [0.25, 0.3) is 0 Å². The fraction of sp³-hybridized carbons (Fsp3) is 0.385. The van der Waals surface area contributed by atoms with Gasteiger partial charge in [-0.2, -0.15) is 0 Å². The van der Waals surface area contributed by atoms with Gasteiger partial charge in [-0.15, -0.1) is 0 Å². The van der Waals surface area contributed by atoms with E-state index in [4.69, 9.17) is 5.11 Å². The molecule has 18 heavy (non-hydrogen) atoms. The average molecular weight is 250 g/mol. The molecule has 0 aliphatic carbocycles. The van der Waals surface area contributed by atoms with Gasteiger partial charge in [0.2, 0.25) is 0 Å². The second-order valence-electron chi connectivity index (χ2n) is 4.35. The molecule has 0 saturated heterocycles. The number of rotatable bonds is 4. The predicted molar refractivity (Wildman–Crippen MR) is 68.3 cm³/mol. The van der Waals surface area contributed by atoms with Crippen LogP contribution in [0.3, 0.4) is 0 Å². The Bertz CT molecular complexity index is 446. The van der Waals surface area contributed by atoms with Crippen LogP contribution in [0.1, 0.15) is 18.1 Å². The number of aryl methyl sites for hydroxylation is 1. The molecule has 0 aliphatic rings. The average Bonchev–Trinajstić information content (AvgIpc) is 2.28. The largest absolute Gasteiger partial charge is 0.480 e. The van der Waals surface area contributed by atoms with Gasteiger partial charge in [0.15, 0.2) is 0 Å². The van der Waals surface area contributed by atoms with Crippen molar-refractivity contribution in [2.45, 2.75) is 26.4 Å². The number of benzene rings is 1. The molecule has 0 spiro atoms. The van der Waals surface area contributed by atoms with Gasteiger partial charge in [0.1, 0.15) is 6.04 Å². The van der Waals surface area contributed by atoms with Crippen molar-refractivity contribution in [1.82, 2.24) is 10.2 Å². The number of carboxylic acids is 1. The minimum absolute atomic E-state index is 0.397. The Morgan fingerprint density at radius 2 is 2.11 bits per heavy atom. The van der Waals surface area contributed by atoms with E-state index < -0.39 is 18.0 Å². The quantitative estimate of drug-likeness (QED) is 0.853. The third kappa shape index (κ3) is 4.08. The van der Waals surface area contributed by atoms with Crippen LogP contribution < -0.4 is 5.32 Å². The summed E-state index contributed by atoms with van der Waals surface area (Å²) in [7, 11) is 1.63. The number of carbonyl (C=O) groups is 2. The Morgan fingerprint density at radius 3 is 2.67 bits per heavy atom. The van der Waals surface area contributed by atoms with Crippen LogP contribution in [0.15, 0.2) is 24.3 Å². The lowest BCUT2D eigenvalue weighted by Gasteiger charge is -2.19. The molecule has 1 aromatic carbocycles. The monoisotopic (exact) mass is 250 g/mol. The summed E-state index contributed by atoms with van der Waals surface area (Å²) in [6.07, 6.45) is 0. The maximum absolute atomic E-state index is 11.7. The third-order valence-electron chi connectivity index (χ3n) is 2.56. The number of urea groups is 1. The van der Waals surface area contributed by atoms with Crippen LogP contribution in [0.5, 0.6) is 0 Å². The van der Waals surface area contributed by atoms with Gasteiger partial charge in [0, 0.05) is 13.6 Å². The van der Waals surface area contributed by atoms with Crippen LogP contribution in [-0.4, -0.2) is 35.1 Å². The van der Waals surface area contributed by atoms with Crippen molar-refractivity contribution in [3.05, 3.63) is 35.4 Å². The molecule has 0 heterocycles.